The lowest BCUT2D eigenvalue weighted by molar-refractivity contribution is 0.380. The molecule has 126 valence electrons. The average molecular weight is 337 g/mol. The largest absolute Gasteiger partial charge is 0.338 e. The molecule has 23 heavy (non-hydrogen) atoms. The fourth-order valence-electron chi connectivity index (χ4n) is 2.21. The van der Waals surface area contributed by atoms with Crippen molar-refractivity contribution in [2.45, 2.75) is 51.3 Å². The zero-order valence-electron chi connectivity index (χ0n) is 13.7. The molecule has 0 bridgehead atoms. The monoisotopic (exact) mass is 337 g/mol. The van der Waals surface area contributed by atoms with Crippen LogP contribution in [0.5, 0.6) is 0 Å². The van der Waals surface area contributed by atoms with E-state index in [1.807, 2.05) is 18.2 Å². The first-order valence-corrected chi connectivity index (χ1v) is 9.26. The van der Waals surface area contributed by atoms with Gasteiger partial charge in [0.05, 0.1) is 0 Å². The van der Waals surface area contributed by atoms with E-state index in [1.54, 1.807) is 20.8 Å². The summed E-state index contributed by atoms with van der Waals surface area (Å²) in [6, 6.07) is 10.2. The summed E-state index contributed by atoms with van der Waals surface area (Å²) in [7, 11) is -3.49. The Bertz CT molecular complexity index is 719. The molecule has 2 aromatic rings. The standard InChI is InChI=1S/C16H23N3O3S/c1-16(2,3)19-23(20,21)12-15-17-14(18-22-15)11-7-10-13-8-5-4-6-9-13/h4-6,8-9,19H,7,10-12H2,1-3H3. The van der Waals surface area contributed by atoms with Crippen molar-refractivity contribution in [2.75, 3.05) is 0 Å². The average Bonchev–Trinajstić information content (AvgIpc) is 2.83. The highest BCUT2D eigenvalue weighted by molar-refractivity contribution is 7.88. The topological polar surface area (TPSA) is 85.1 Å². The summed E-state index contributed by atoms with van der Waals surface area (Å²) in [4.78, 5) is 4.16. The summed E-state index contributed by atoms with van der Waals surface area (Å²) >= 11 is 0. The maximum Gasteiger partial charge on any atom is 0.243 e. The molecule has 0 spiro atoms. The van der Waals surface area contributed by atoms with E-state index in [0.29, 0.717) is 12.2 Å². The summed E-state index contributed by atoms with van der Waals surface area (Å²) in [6.07, 6.45) is 2.47. The van der Waals surface area contributed by atoms with Crippen molar-refractivity contribution >= 4 is 10.0 Å². The highest BCUT2D eigenvalue weighted by atomic mass is 32.2. The number of nitrogens with one attached hydrogen (secondary N) is 1. The van der Waals surface area contributed by atoms with Crippen LogP contribution in [-0.2, 0) is 28.6 Å². The third-order valence-electron chi connectivity index (χ3n) is 2.99. The Hall–Kier alpha value is -1.73. The summed E-state index contributed by atoms with van der Waals surface area (Å²) in [5.74, 6) is 0.369. The van der Waals surface area contributed by atoms with E-state index in [0.717, 1.165) is 12.8 Å². The van der Waals surface area contributed by atoms with E-state index in [1.165, 1.54) is 5.56 Å². The van der Waals surface area contributed by atoms with E-state index in [9.17, 15) is 8.42 Å². The van der Waals surface area contributed by atoms with Gasteiger partial charge in [0.1, 0.15) is 5.75 Å². The van der Waals surface area contributed by atoms with Crippen molar-refractivity contribution in [1.82, 2.24) is 14.9 Å². The zero-order chi connectivity index (χ0) is 16.9. The molecule has 1 aromatic carbocycles. The van der Waals surface area contributed by atoms with Crippen LogP contribution < -0.4 is 4.72 Å². The molecule has 1 heterocycles. The lowest BCUT2D eigenvalue weighted by Gasteiger charge is -2.19. The normalized spacial score (nSPS) is 12.5. The molecular weight excluding hydrogens is 314 g/mol. The van der Waals surface area contributed by atoms with Crippen LogP contribution >= 0.6 is 0 Å². The maximum atomic E-state index is 12.0. The number of sulfonamides is 1. The van der Waals surface area contributed by atoms with Gasteiger partial charge in [0.25, 0.3) is 0 Å². The fourth-order valence-corrected chi connectivity index (χ4v) is 3.66. The van der Waals surface area contributed by atoms with Crippen LogP contribution in [0.1, 0.15) is 44.5 Å². The van der Waals surface area contributed by atoms with Gasteiger partial charge in [-0.05, 0) is 39.2 Å². The molecule has 1 aromatic heterocycles. The Morgan fingerprint density at radius 2 is 1.83 bits per heavy atom. The minimum atomic E-state index is -3.49. The van der Waals surface area contributed by atoms with E-state index >= 15 is 0 Å². The number of aryl methyl sites for hydroxylation is 2. The molecule has 0 saturated heterocycles. The number of benzene rings is 1. The number of rotatable bonds is 7. The Morgan fingerprint density at radius 3 is 2.48 bits per heavy atom. The van der Waals surface area contributed by atoms with Crippen LogP contribution in [0.2, 0.25) is 0 Å². The predicted octanol–water partition coefficient (Wildman–Crippen LogP) is 2.46. The van der Waals surface area contributed by atoms with Gasteiger partial charge < -0.3 is 4.52 Å². The highest BCUT2D eigenvalue weighted by Gasteiger charge is 2.23. The molecular formula is C16H23N3O3S. The second-order valence-electron chi connectivity index (χ2n) is 6.55. The molecule has 2 rings (SSSR count). The number of aromatic nitrogens is 2. The van der Waals surface area contributed by atoms with Gasteiger partial charge in [0.15, 0.2) is 5.82 Å². The van der Waals surface area contributed by atoms with Gasteiger partial charge in [-0.3, -0.25) is 0 Å². The second kappa shape index (κ2) is 7.23. The molecule has 1 N–H and O–H groups in total. The van der Waals surface area contributed by atoms with Crippen LogP contribution in [-0.4, -0.2) is 24.1 Å². The van der Waals surface area contributed by atoms with Gasteiger partial charge in [-0.1, -0.05) is 35.5 Å². The number of nitrogens with zero attached hydrogens (tertiary/aromatic N) is 2. The van der Waals surface area contributed by atoms with Crippen LogP contribution in [0.15, 0.2) is 34.9 Å². The van der Waals surface area contributed by atoms with E-state index in [4.69, 9.17) is 4.52 Å². The predicted molar refractivity (Wildman–Crippen MR) is 88.3 cm³/mol. The van der Waals surface area contributed by atoms with Crippen molar-refractivity contribution < 1.29 is 12.9 Å². The first-order valence-electron chi connectivity index (χ1n) is 7.60. The molecule has 0 fully saturated rings. The SMILES string of the molecule is CC(C)(C)NS(=O)(=O)Cc1nc(CCCc2ccccc2)no1. The smallest absolute Gasteiger partial charge is 0.243 e. The van der Waals surface area contributed by atoms with E-state index in [-0.39, 0.29) is 11.6 Å². The molecule has 0 saturated carbocycles. The molecule has 0 amide bonds. The minimum Gasteiger partial charge on any atom is -0.338 e. The molecule has 0 aliphatic heterocycles. The fraction of sp³-hybridized carbons (Fsp3) is 0.500. The van der Waals surface area contributed by atoms with Crippen LogP contribution in [0, 0.1) is 0 Å². The first kappa shape index (κ1) is 17.6. The van der Waals surface area contributed by atoms with Crippen molar-refractivity contribution in [2.24, 2.45) is 0 Å². The quantitative estimate of drug-likeness (QED) is 0.839. The maximum absolute atomic E-state index is 12.0. The second-order valence-corrected chi connectivity index (χ2v) is 8.28. The summed E-state index contributed by atoms with van der Waals surface area (Å²) in [5.41, 5.74) is 0.727. The highest BCUT2D eigenvalue weighted by Crippen LogP contribution is 2.10. The van der Waals surface area contributed by atoms with Crippen LogP contribution in [0.4, 0.5) is 0 Å². The van der Waals surface area contributed by atoms with E-state index in [2.05, 4.69) is 27.0 Å². The summed E-state index contributed by atoms with van der Waals surface area (Å²) < 4.78 is 31.6. The molecule has 0 atom stereocenters. The third kappa shape index (κ3) is 6.50. The summed E-state index contributed by atoms with van der Waals surface area (Å²) in [5, 5.41) is 3.85. The van der Waals surface area contributed by atoms with Gasteiger partial charge in [-0.2, -0.15) is 4.98 Å². The lowest BCUT2D eigenvalue weighted by Crippen LogP contribution is -2.41. The minimum absolute atomic E-state index is 0.122. The van der Waals surface area contributed by atoms with Crippen LogP contribution in [0.25, 0.3) is 0 Å². The zero-order valence-corrected chi connectivity index (χ0v) is 14.6. The Morgan fingerprint density at radius 1 is 1.13 bits per heavy atom. The van der Waals surface area contributed by atoms with Gasteiger partial charge in [-0.25, -0.2) is 13.1 Å². The molecule has 6 nitrogen and oxygen atoms in total. The Kier molecular flexibility index (Phi) is 5.54. The van der Waals surface area contributed by atoms with Crippen molar-refractivity contribution in [3.8, 4) is 0 Å². The van der Waals surface area contributed by atoms with Gasteiger partial charge in [0.2, 0.25) is 15.9 Å². The molecule has 7 heteroatoms. The Balaban J connectivity index is 1.86. The third-order valence-corrected chi connectivity index (χ3v) is 4.54. The molecule has 0 radical (unpaired) electrons. The Labute approximate surface area is 137 Å². The van der Waals surface area contributed by atoms with Crippen molar-refractivity contribution in [1.29, 1.82) is 0 Å². The number of hydrogen-bond acceptors (Lipinski definition) is 5. The molecule has 0 aliphatic carbocycles. The van der Waals surface area contributed by atoms with Gasteiger partial charge in [0, 0.05) is 12.0 Å². The first-order chi connectivity index (χ1) is 10.7. The van der Waals surface area contributed by atoms with Crippen molar-refractivity contribution in [3.63, 3.8) is 0 Å². The van der Waals surface area contributed by atoms with Crippen molar-refractivity contribution in [3.05, 3.63) is 47.6 Å². The molecule has 0 aliphatic rings. The lowest BCUT2D eigenvalue weighted by atomic mass is 10.1. The van der Waals surface area contributed by atoms with E-state index < -0.39 is 15.6 Å². The van der Waals surface area contributed by atoms with Gasteiger partial charge >= 0.3 is 0 Å². The molecule has 0 unspecified atom stereocenters. The van der Waals surface area contributed by atoms with Gasteiger partial charge in [-0.15, -0.1) is 0 Å². The van der Waals surface area contributed by atoms with Crippen LogP contribution in [0.3, 0.4) is 0 Å². The summed E-state index contributed by atoms with van der Waals surface area (Å²) in [6.45, 7) is 5.36. The number of hydrogen-bond donors (Lipinski definition) is 1.